The fourth-order valence-corrected chi connectivity index (χ4v) is 2.09. The van der Waals surface area contributed by atoms with Crippen molar-refractivity contribution in [2.45, 2.75) is 25.2 Å². The van der Waals surface area contributed by atoms with E-state index in [1.807, 2.05) is 0 Å². The van der Waals surface area contributed by atoms with Gasteiger partial charge in [-0.1, -0.05) is 0 Å². The van der Waals surface area contributed by atoms with E-state index in [1.54, 1.807) is 6.92 Å². The zero-order chi connectivity index (χ0) is 13.0. The molecule has 0 aliphatic carbocycles. The summed E-state index contributed by atoms with van der Waals surface area (Å²) >= 11 is 0. The van der Waals surface area contributed by atoms with Gasteiger partial charge < -0.3 is 15.2 Å². The van der Waals surface area contributed by atoms with Crippen LogP contribution in [0.5, 0.6) is 0 Å². The van der Waals surface area contributed by atoms with E-state index < -0.39 is 5.97 Å². The number of ether oxygens (including phenoxy) is 2. The lowest BCUT2D eigenvalue weighted by molar-refractivity contribution is 0.0493. The van der Waals surface area contributed by atoms with Crippen LogP contribution in [0.15, 0.2) is 0 Å². The highest BCUT2D eigenvalue weighted by Crippen LogP contribution is 2.31. The molecule has 0 aromatic carbocycles. The summed E-state index contributed by atoms with van der Waals surface area (Å²) in [7, 11) is 0. The molecule has 0 saturated carbocycles. The summed E-state index contributed by atoms with van der Waals surface area (Å²) in [6, 6.07) is 0. The predicted octanol–water partition coefficient (Wildman–Crippen LogP) is -0.0117. The molecule has 0 amide bonds. The zero-order valence-corrected chi connectivity index (χ0v) is 10.4. The molecule has 3 N–H and O–H groups in total. The van der Waals surface area contributed by atoms with Crippen LogP contribution in [0.1, 0.15) is 36.2 Å². The average Bonchev–Trinajstić information content (AvgIpc) is 2.90. The van der Waals surface area contributed by atoms with Gasteiger partial charge in [-0.15, -0.1) is 5.10 Å². The van der Waals surface area contributed by atoms with Crippen molar-refractivity contribution in [3.05, 3.63) is 11.6 Å². The minimum absolute atomic E-state index is 0.0613. The molecule has 1 aromatic rings. The molecular formula is C11H18N4O3. The Labute approximate surface area is 105 Å². The zero-order valence-electron chi connectivity index (χ0n) is 10.4. The van der Waals surface area contributed by atoms with Crippen LogP contribution in [0.25, 0.3) is 0 Å². The third-order valence-corrected chi connectivity index (χ3v) is 3.29. The van der Waals surface area contributed by atoms with E-state index in [4.69, 9.17) is 15.2 Å². The van der Waals surface area contributed by atoms with E-state index in [9.17, 15) is 4.79 Å². The summed E-state index contributed by atoms with van der Waals surface area (Å²) in [5.74, 6) is 0.196. The first-order valence-electron chi connectivity index (χ1n) is 6.09. The van der Waals surface area contributed by atoms with Crippen LogP contribution in [0.3, 0.4) is 0 Å². The molecule has 1 aliphatic rings. The van der Waals surface area contributed by atoms with Crippen LogP contribution < -0.4 is 5.73 Å². The maximum Gasteiger partial charge on any atom is 0.378 e. The summed E-state index contributed by atoms with van der Waals surface area (Å²) < 4.78 is 10.2. The molecule has 0 atom stereocenters. The van der Waals surface area contributed by atoms with E-state index in [0.717, 1.165) is 12.8 Å². The molecule has 2 rings (SSSR count). The number of carbonyl (C=O) groups is 1. The van der Waals surface area contributed by atoms with E-state index in [-0.39, 0.29) is 11.2 Å². The largest absolute Gasteiger partial charge is 0.460 e. The number of aromatic nitrogens is 3. The van der Waals surface area contributed by atoms with Gasteiger partial charge in [-0.25, -0.2) is 9.78 Å². The van der Waals surface area contributed by atoms with Crippen molar-refractivity contribution in [2.75, 3.05) is 26.4 Å². The topological polar surface area (TPSA) is 103 Å². The molecule has 0 unspecified atom stereocenters. The minimum Gasteiger partial charge on any atom is -0.460 e. The molecular weight excluding hydrogens is 236 g/mol. The Morgan fingerprint density at radius 2 is 2.28 bits per heavy atom. The third kappa shape index (κ3) is 2.37. The van der Waals surface area contributed by atoms with Gasteiger partial charge in [0.05, 0.1) is 6.61 Å². The van der Waals surface area contributed by atoms with Crippen molar-refractivity contribution in [1.82, 2.24) is 15.2 Å². The van der Waals surface area contributed by atoms with Crippen LogP contribution in [-0.4, -0.2) is 47.5 Å². The fraction of sp³-hybridized carbons (Fsp3) is 0.727. The molecule has 0 bridgehead atoms. The normalized spacial score (nSPS) is 18.6. The molecule has 1 aliphatic heterocycles. The van der Waals surface area contributed by atoms with Crippen molar-refractivity contribution in [3.8, 4) is 0 Å². The Kier molecular flexibility index (Phi) is 3.93. The quantitative estimate of drug-likeness (QED) is 0.732. The van der Waals surface area contributed by atoms with Crippen LogP contribution in [-0.2, 0) is 14.9 Å². The standard InChI is InChI=1S/C11H18N4O3/c1-2-18-9(16)8-13-10(15-14-8)11(7-12)3-5-17-6-4-11/h2-7,12H2,1H3,(H,13,14,15). The second-order valence-corrected chi connectivity index (χ2v) is 4.32. The summed E-state index contributed by atoms with van der Waals surface area (Å²) in [5.41, 5.74) is 5.59. The van der Waals surface area contributed by atoms with Crippen molar-refractivity contribution >= 4 is 5.97 Å². The van der Waals surface area contributed by atoms with Gasteiger partial charge in [0.15, 0.2) is 0 Å². The van der Waals surface area contributed by atoms with Gasteiger partial charge in [0.25, 0.3) is 5.82 Å². The lowest BCUT2D eigenvalue weighted by Gasteiger charge is -2.33. The van der Waals surface area contributed by atoms with E-state index in [0.29, 0.717) is 32.2 Å². The molecule has 2 heterocycles. The number of H-pyrrole nitrogens is 1. The van der Waals surface area contributed by atoms with Gasteiger partial charge in [-0.2, -0.15) is 0 Å². The maximum atomic E-state index is 11.5. The van der Waals surface area contributed by atoms with Gasteiger partial charge >= 0.3 is 5.97 Å². The number of hydrogen-bond donors (Lipinski definition) is 2. The number of nitrogens with zero attached hydrogens (tertiary/aromatic N) is 2. The second-order valence-electron chi connectivity index (χ2n) is 4.32. The van der Waals surface area contributed by atoms with Crippen LogP contribution >= 0.6 is 0 Å². The third-order valence-electron chi connectivity index (χ3n) is 3.29. The highest BCUT2D eigenvalue weighted by atomic mass is 16.5. The lowest BCUT2D eigenvalue weighted by atomic mass is 9.79. The van der Waals surface area contributed by atoms with E-state index in [2.05, 4.69) is 15.2 Å². The first-order valence-corrected chi connectivity index (χ1v) is 6.09. The van der Waals surface area contributed by atoms with Crippen LogP contribution in [0, 0.1) is 0 Å². The number of nitrogens with two attached hydrogens (primary N) is 1. The van der Waals surface area contributed by atoms with E-state index >= 15 is 0 Å². The van der Waals surface area contributed by atoms with Gasteiger partial charge in [0, 0.05) is 25.2 Å². The Bertz CT molecular complexity index is 412. The molecule has 1 saturated heterocycles. The molecule has 0 spiro atoms. The Morgan fingerprint density at radius 1 is 1.56 bits per heavy atom. The first-order chi connectivity index (χ1) is 8.72. The Balaban J connectivity index is 2.19. The van der Waals surface area contributed by atoms with Crippen molar-refractivity contribution in [1.29, 1.82) is 0 Å². The Hall–Kier alpha value is -1.47. The Morgan fingerprint density at radius 3 is 2.89 bits per heavy atom. The first kappa shape index (κ1) is 13.0. The van der Waals surface area contributed by atoms with Gasteiger partial charge in [-0.3, -0.25) is 5.10 Å². The molecule has 100 valence electrons. The number of nitrogens with one attached hydrogen (secondary N) is 1. The molecule has 1 fully saturated rings. The van der Waals surface area contributed by atoms with Crippen LogP contribution in [0.2, 0.25) is 0 Å². The summed E-state index contributed by atoms with van der Waals surface area (Å²) in [6.07, 6.45) is 1.56. The van der Waals surface area contributed by atoms with Crippen LogP contribution in [0.4, 0.5) is 0 Å². The van der Waals surface area contributed by atoms with E-state index in [1.165, 1.54) is 0 Å². The monoisotopic (exact) mass is 254 g/mol. The number of hydrogen-bond acceptors (Lipinski definition) is 6. The highest BCUT2D eigenvalue weighted by Gasteiger charge is 2.37. The van der Waals surface area contributed by atoms with Gasteiger partial charge in [-0.05, 0) is 19.8 Å². The number of esters is 1. The molecule has 18 heavy (non-hydrogen) atoms. The SMILES string of the molecule is CCOC(=O)c1n[nH]c(C2(CN)CCOCC2)n1. The molecule has 7 nitrogen and oxygen atoms in total. The van der Waals surface area contributed by atoms with Gasteiger partial charge in [0.2, 0.25) is 0 Å². The average molecular weight is 254 g/mol. The number of carbonyl (C=O) groups excluding carboxylic acids is 1. The molecule has 7 heteroatoms. The minimum atomic E-state index is -0.515. The number of aromatic amines is 1. The smallest absolute Gasteiger partial charge is 0.378 e. The highest BCUT2D eigenvalue weighted by molar-refractivity contribution is 5.84. The second kappa shape index (κ2) is 5.45. The van der Waals surface area contributed by atoms with Crippen molar-refractivity contribution in [3.63, 3.8) is 0 Å². The summed E-state index contributed by atoms with van der Waals surface area (Å²) in [5, 5.41) is 6.70. The molecule has 1 aromatic heterocycles. The van der Waals surface area contributed by atoms with Crippen molar-refractivity contribution in [2.24, 2.45) is 5.73 Å². The fourth-order valence-electron chi connectivity index (χ4n) is 2.09. The van der Waals surface area contributed by atoms with Crippen molar-refractivity contribution < 1.29 is 14.3 Å². The number of rotatable bonds is 4. The summed E-state index contributed by atoms with van der Waals surface area (Å²) in [4.78, 5) is 15.7. The maximum absolute atomic E-state index is 11.5. The predicted molar refractivity (Wildman–Crippen MR) is 63.1 cm³/mol. The lowest BCUT2D eigenvalue weighted by Crippen LogP contribution is -2.41. The summed E-state index contributed by atoms with van der Waals surface area (Å²) in [6.45, 7) is 3.79. The van der Waals surface area contributed by atoms with Gasteiger partial charge in [0.1, 0.15) is 5.82 Å². The molecule has 0 radical (unpaired) electrons.